The van der Waals surface area contributed by atoms with Gasteiger partial charge in [-0.15, -0.1) is 11.3 Å². The Morgan fingerprint density at radius 2 is 1.71 bits per heavy atom. The Kier molecular flexibility index (Phi) is 5.80. The summed E-state index contributed by atoms with van der Waals surface area (Å²) in [6.45, 7) is 0. The molecule has 0 aliphatic carbocycles. The molecule has 28 heavy (non-hydrogen) atoms. The number of halogens is 3. The normalized spacial score (nSPS) is 11.6. The van der Waals surface area contributed by atoms with Gasteiger partial charge in [0.05, 0.1) is 4.90 Å². The van der Waals surface area contributed by atoms with Crippen molar-refractivity contribution in [1.82, 2.24) is 4.98 Å². The average Bonchev–Trinajstić information content (AvgIpc) is 3.10. The predicted molar refractivity (Wildman–Crippen MR) is 98.9 cm³/mol. The number of carbonyl (C=O) groups excluding carboxylic acids is 1. The van der Waals surface area contributed by atoms with Gasteiger partial charge in [0.25, 0.3) is 5.91 Å². The van der Waals surface area contributed by atoms with Crippen molar-refractivity contribution in [3.8, 4) is 0 Å². The van der Waals surface area contributed by atoms with Crippen LogP contribution >= 0.6 is 11.3 Å². The fraction of sp³-hybridized carbons (Fsp3) is 0.111. The molecule has 1 amide bonds. The van der Waals surface area contributed by atoms with Crippen LogP contribution in [0.2, 0.25) is 0 Å². The lowest BCUT2D eigenvalue weighted by molar-refractivity contribution is 0.102. The Bertz CT molecular complexity index is 1080. The highest BCUT2D eigenvalue weighted by molar-refractivity contribution is 7.91. The van der Waals surface area contributed by atoms with Crippen LogP contribution in [-0.2, 0) is 16.3 Å². The molecule has 0 aliphatic heterocycles. The molecule has 0 radical (unpaired) electrons. The first-order chi connectivity index (χ1) is 13.3. The maximum atomic E-state index is 12.9. The minimum Gasteiger partial charge on any atom is -0.298 e. The summed E-state index contributed by atoms with van der Waals surface area (Å²) in [5, 5.41) is 2.89. The number of benzene rings is 2. The van der Waals surface area contributed by atoms with Crippen LogP contribution < -0.4 is 5.32 Å². The van der Waals surface area contributed by atoms with Crippen molar-refractivity contribution in [1.29, 1.82) is 0 Å². The molecule has 0 saturated heterocycles. The molecular weight excluding hydrogens is 413 g/mol. The summed E-state index contributed by atoms with van der Waals surface area (Å²) < 4.78 is 60.8. The summed E-state index contributed by atoms with van der Waals surface area (Å²) in [5.41, 5.74) is 0.988. The third-order valence-corrected chi connectivity index (χ3v) is 6.06. The summed E-state index contributed by atoms with van der Waals surface area (Å²) in [7, 11) is -4.71. The fourth-order valence-corrected chi connectivity index (χ4v) is 3.88. The van der Waals surface area contributed by atoms with Gasteiger partial charge >= 0.3 is 5.76 Å². The molecule has 10 heteroatoms. The second kappa shape index (κ2) is 8.11. The number of hydrogen-bond acceptors (Lipinski definition) is 5. The summed E-state index contributed by atoms with van der Waals surface area (Å²) >= 11 is 1.23. The Hall–Kier alpha value is -2.72. The number of alkyl halides is 2. The van der Waals surface area contributed by atoms with E-state index in [9.17, 15) is 26.4 Å². The third kappa shape index (κ3) is 4.57. The van der Waals surface area contributed by atoms with E-state index in [1.54, 1.807) is 18.3 Å². The van der Waals surface area contributed by atoms with Crippen molar-refractivity contribution >= 4 is 32.2 Å². The molecule has 3 aromatic rings. The van der Waals surface area contributed by atoms with Crippen LogP contribution in [0, 0.1) is 5.82 Å². The molecule has 0 fully saturated rings. The standard InChI is InChI=1S/C18H13F3N2O3S2/c19-13-5-1-11(2-6-13)9-14-10-22-18(27-14)23-16(24)12-3-7-15(8-4-12)28(25,26)17(20)21/h1-8,10,17H,9H2,(H,22,23,24). The summed E-state index contributed by atoms with van der Waals surface area (Å²) in [6, 6.07) is 10.2. The van der Waals surface area contributed by atoms with Gasteiger partial charge in [-0.3, -0.25) is 10.1 Å². The Balaban J connectivity index is 1.66. The molecule has 3 rings (SSSR count). The molecule has 1 N–H and O–H groups in total. The van der Waals surface area contributed by atoms with Crippen LogP contribution in [0.5, 0.6) is 0 Å². The molecule has 0 aliphatic rings. The zero-order valence-corrected chi connectivity index (χ0v) is 15.7. The minimum atomic E-state index is -4.71. The van der Waals surface area contributed by atoms with Gasteiger partial charge in [0.15, 0.2) is 5.13 Å². The molecule has 2 aromatic carbocycles. The molecule has 0 bridgehead atoms. The van der Waals surface area contributed by atoms with Crippen molar-refractivity contribution in [2.24, 2.45) is 0 Å². The second-order valence-electron chi connectivity index (χ2n) is 5.72. The molecular formula is C18H13F3N2O3S2. The van der Waals surface area contributed by atoms with Crippen LogP contribution in [0.25, 0.3) is 0 Å². The molecule has 1 aromatic heterocycles. The van der Waals surface area contributed by atoms with E-state index in [0.29, 0.717) is 11.6 Å². The number of nitrogens with one attached hydrogen (secondary N) is 1. The van der Waals surface area contributed by atoms with E-state index in [1.165, 1.54) is 23.5 Å². The average molecular weight is 426 g/mol. The first-order valence-corrected chi connectivity index (χ1v) is 10.2. The maximum Gasteiger partial charge on any atom is 0.341 e. The van der Waals surface area contributed by atoms with Crippen LogP contribution in [0.1, 0.15) is 20.8 Å². The van der Waals surface area contributed by atoms with Gasteiger partial charge in [-0.05, 0) is 42.0 Å². The number of anilines is 1. The maximum absolute atomic E-state index is 12.9. The van der Waals surface area contributed by atoms with Crippen molar-refractivity contribution in [2.75, 3.05) is 5.32 Å². The molecule has 0 unspecified atom stereocenters. The number of nitrogens with zero attached hydrogens (tertiary/aromatic N) is 1. The van der Waals surface area contributed by atoms with Gasteiger partial charge in [0, 0.05) is 23.1 Å². The highest BCUT2D eigenvalue weighted by Crippen LogP contribution is 2.23. The van der Waals surface area contributed by atoms with E-state index in [2.05, 4.69) is 10.3 Å². The number of sulfone groups is 1. The topological polar surface area (TPSA) is 76.1 Å². The number of hydrogen-bond donors (Lipinski definition) is 1. The Labute approximate surface area is 162 Å². The molecule has 5 nitrogen and oxygen atoms in total. The van der Waals surface area contributed by atoms with E-state index in [0.717, 1.165) is 34.7 Å². The molecule has 0 spiro atoms. The number of carbonyl (C=O) groups is 1. The second-order valence-corrected chi connectivity index (χ2v) is 8.75. The highest BCUT2D eigenvalue weighted by atomic mass is 32.2. The summed E-state index contributed by atoms with van der Waals surface area (Å²) in [4.78, 5) is 16.6. The quantitative estimate of drug-likeness (QED) is 0.643. The predicted octanol–water partition coefficient (Wildman–Crippen LogP) is 4.12. The van der Waals surface area contributed by atoms with Gasteiger partial charge < -0.3 is 0 Å². The largest absolute Gasteiger partial charge is 0.341 e. The van der Waals surface area contributed by atoms with Crippen LogP contribution in [0.4, 0.5) is 18.3 Å². The minimum absolute atomic E-state index is 0.100. The number of amides is 1. The van der Waals surface area contributed by atoms with Gasteiger partial charge in [-0.1, -0.05) is 12.1 Å². The number of thiazole rings is 1. The molecule has 0 atom stereocenters. The lowest BCUT2D eigenvalue weighted by Gasteiger charge is -2.05. The molecule has 146 valence electrons. The zero-order valence-electron chi connectivity index (χ0n) is 14.1. The van der Waals surface area contributed by atoms with Crippen LogP contribution in [0.15, 0.2) is 59.6 Å². The molecule has 1 heterocycles. The van der Waals surface area contributed by atoms with Gasteiger partial charge in [-0.25, -0.2) is 17.8 Å². The lowest BCUT2D eigenvalue weighted by atomic mass is 10.1. The van der Waals surface area contributed by atoms with E-state index in [-0.39, 0.29) is 11.4 Å². The van der Waals surface area contributed by atoms with Crippen molar-refractivity contribution in [3.63, 3.8) is 0 Å². The van der Waals surface area contributed by atoms with Crippen molar-refractivity contribution < 1.29 is 26.4 Å². The summed E-state index contributed by atoms with van der Waals surface area (Å²) in [6.07, 6.45) is 2.11. The first kappa shape index (κ1) is 20.0. The Morgan fingerprint density at radius 3 is 2.32 bits per heavy atom. The van der Waals surface area contributed by atoms with E-state index in [1.807, 2.05) is 0 Å². The fourth-order valence-electron chi connectivity index (χ4n) is 2.32. The van der Waals surface area contributed by atoms with Gasteiger partial charge in [-0.2, -0.15) is 8.78 Å². The van der Waals surface area contributed by atoms with Gasteiger partial charge in [0.2, 0.25) is 9.84 Å². The summed E-state index contributed by atoms with van der Waals surface area (Å²) in [5.74, 6) is -4.40. The van der Waals surface area contributed by atoms with E-state index in [4.69, 9.17) is 0 Å². The van der Waals surface area contributed by atoms with Crippen molar-refractivity contribution in [2.45, 2.75) is 17.1 Å². The zero-order chi connectivity index (χ0) is 20.3. The molecule has 0 saturated carbocycles. The van der Waals surface area contributed by atoms with Crippen LogP contribution in [-0.4, -0.2) is 25.1 Å². The highest BCUT2D eigenvalue weighted by Gasteiger charge is 2.26. The van der Waals surface area contributed by atoms with Gasteiger partial charge in [0.1, 0.15) is 5.82 Å². The monoisotopic (exact) mass is 426 g/mol. The van der Waals surface area contributed by atoms with Crippen molar-refractivity contribution in [3.05, 3.63) is 76.5 Å². The van der Waals surface area contributed by atoms with E-state index < -0.39 is 26.4 Å². The number of rotatable bonds is 6. The number of aromatic nitrogens is 1. The van der Waals surface area contributed by atoms with E-state index >= 15 is 0 Å². The first-order valence-electron chi connectivity index (χ1n) is 7.88. The lowest BCUT2D eigenvalue weighted by Crippen LogP contribution is -2.14. The third-order valence-electron chi connectivity index (χ3n) is 3.75. The van der Waals surface area contributed by atoms with Crippen LogP contribution in [0.3, 0.4) is 0 Å². The smallest absolute Gasteiger partial charge is 0.298 e. The SMILES string of the molecule is O=C(Nc1ncc(Cc2ccc(F)cc2)s1)c1ccc(S(=O)(=O)C(F)F)cc1. The Morgan fingerprint density at radius 1 is 1.07 bits per heavy atom.